The Kier molecular flexibility index (Phi) is 7.13. The predicted octanol–water partition coefficient (Wildman–Crippen LogP) is 4.18. The molecule has 0 aliphatic heterocycles. The van der Waals surface area contributed by atoms with Crippen molar-refractivity contribution in [2.45, 2.75) is 13.5 Å². The SMILES string of the molecule is Cc1ccc(CNC(=O)N(C)CCNC(=O)c2cccc3ccc(-c4ccncc4)nc23)cc1. The van der Waals surface area contributed by atoms with Crippen LogP contribution in [0.4, 0.5) is 4.79 Å². The van der Waals surface area contributed by atoms with Crippen LogP contribution in [-0.4, -0.2) is 46.9 Å². The number of nitrogens with zero attached hydrogens (tertiary/aromatic N) is 3. The molecule has 4 aromatic rings. The summed E-state index contributed by atoms with van der Waals surface area (Å²) in [5.74, 6) is -0.224. The summed E-state index contributed by atoms with van der Waals surface area (Å²) in [5.41, 5.74) is 5.07. The lowest BCUT2D eigenvalue weighted by molar-refractivity contribution is 0.0951. The fourth-order valence-electron chi connectivity index (χ4n) is 3.57. The predicted molar refractivity (Wildman–Crippen MR) is 133 cm³/mol. The molecular weight excluding hydrogens is 426 g/mol. The normalized spacial score (nSPS) is 10.6. The number of rotatable bonds is 7. The number of para-hydroxylation sites is 1. The summed E-state index contributed by atoms with van der Waals surface area (Å²) in [6.45, 7) is 3.19. The maximum Gasteiger partial charge on any atom is 0.317 e. The highest BCUT2D eigenvalue weighted by Crippen LogP contribution is 2.22. The van der Waals surface area contributed by atoms with E-state index >= 15 is 0 Å². The third kappa shape index (κ3) is 5.56. The smallest absolute Gasteiger partial charge is 0.317 e. The van der Waals surface area contributed by atoms with Crippen LogP contribution in [0.1, 0.15) is 21.5 Å². The average Bonchev–Trinajstić information content (AvgIpc) is 2.87. The van der Waals surface area contributed by atoms with Gasteiger partial charge < -0.3 is 15.5 Å². The second-order valence-electron chi connectivity index (χ2n) is 8.13. The number of hydrogen-bond donors (Lipinski definition) is 2. The van der Waals surface area contributed by atoms with E-state index in [9.17, 15) is 9.59 Å². The van der Waals surface area contributed by atoms with E-state index in [0.717, 1.165) is 22.2 Å². The number of aromatic nitrogens is 2. The highest BCUT2D eigenvalue weighted by atomic mass is 16.2. The van der Waals surface area contributed by atoms with E-state index < -0.39 is 0 Å². The minimum Gasteiger partial charge on any atom is -0.350 e. The summed E-state index contributed by atoms with van der Waals surface area (Å²) < 4.78 is 0. The molecule has 2 aromatic heterocycles. The molecule has 7 nitrogen and oxygen atoms in total. The van der Waals surface area contributed by atoms with Crippen molar-refractivity contribution < 1.29 is 9.59 Å². The van der Waals surface area contributed by atoms with Crippen LogP contribution < -0.4 is 10.6 Å². The topological polar surface area (TPSA) is 87.2 Å². The minimum atomic E-state index is -0.224. The van der Waals surface area contributed by atoms with Crippen molar-refractivity contribution in [2.75, 3.05) is 20.1 Å². The number of hydrogen-bond acceptors (Lipinski definition) is 4. The fraction of sp³-hybridized carbons (Fsp3) is 0.185. The zero-order chi connectivity index (χ0) is 23.9. The van der Waals surface area contributed by atoms with E-state index in [0.29, 0.717) is 30.7 Å². The van der Waals surface area contributed by atoms with Gasteiger partial charge in [-0.05, 0) is 36.8 Å². The lowest BCUT2D eigenvalue weighted by atomic mass is 10.1. The van der Waals surface area contributed by atoms with Gasteiger partial charge in [0.25, 0.3) is 5.91 Å². The van der Waals surface area contributed by atoms with Gasteiger partial charge in [0.2, 0.25) is 0 Å². The fourth-order valence-corrected chi connectivity index (χ4v) is 3.57. The molecule has 2 aromatic carbocycles. The third-order valence-corrected chi connectivity index (χ3v) is 5.58. The number of amides is 3. The van der Waals surface area contributed by atoms with E-state index in [-0.39, 0.29) is 11.9 Å². The number of fused-ring (bicyclic) bond motifs is 1. The molecule has 0 saturated carbocycles. The lowest BCUT2D eigenvalue weighted by Crippen LogP contribution is -2.41. The van der Waals surface area contributed by atoms with Crippen LogP contribution in [-0.2, 0) is 6.54 Å². The Morgan fingerprint density at radius 1 is 0.912 bits per heavy atom. The van der Waals surface area contributed by atoms with Crippen LogP contribution in [0.15, 0.2) is 79.1 Å². The average molecular weight is 454 g/mol. The van der Waals surface area contributed by atoms with Crippen molar-refractivity contribution in [3.8, 4) is 11.3 Å². The molecule has 0 spiro atoms. The number of benzene rings is 2. The van der Waals surface area contributed by atoms with Crippen LogP contribution in [0.3, 0.4) is 0 Å². The Morgan fingerprint density at radius 3 is 2.44 bits per heavy atom. The van der Waals surface area contributed by atoms with Crippen molar-refractivity contribution in [2.24, 2.45) is 0 Å². The van der Waals surface area contributed by atoms with Crippen molar-refractivity contribution in [1.82, 2.24) is 25.5 Å². The Bertz CT molecular complexity index is 1290. The molecule has 3 amide bonds. The molecule has 0 bridgehead atoms. The van der Waals surface area contributed by atoms with Crippen molar-refractivity contribution >= 4 is 22.8 Å². The first-order valence-corrected chi connectivity index (χ1v) is 11.1. The molecular formula is C27H27N5O2. The number of likely N-dealkylation sites (N-methyl/N-ethyl adjacent to an activating group) is 1. The van der Waals surface area contributed by atoms with E-state index in [1.165, 1.54) is 5.56 Å². The van der Waals surface area contributed by atoms with Gasteiger partial charge in [-0.25, -0.2) is 9.78 Å². The summed E-state index contributed by atoms with van der Waals surface area (Å²) in [7, 11) is 1.71. The van der Waals surface area contributed by atoms with Crippen molar-refractivity contribution in [3.63, 3.8) is 0 Å². The quantitative estimate of drug-likeness (QED) is 0.440. The Balaban J connectivity index is 1.35. The van der Waals surface area contributed by atoms with E-state index in [1.807, 2.05) is 67.6 Å². The van der Waals surface area contributed by atoms with Gasteiger partial charge in [0.1, 0.15) is 0 Å². The maximum absolute atomic E-state index is 12.9. The van der Waals surface area contributed by atoms with Gasteiger partial charge in [0.05, 0.1) is 16.8 Å². The molecule has 7 heteroatoms. The Hall–Kier alpha value is -4.26. The number of carbonyl (C=O) groups excluding carboxylic acids is 2. The molecule has 4 rings (SSSR count). The second-order valence-corrected chi connectivity index (χ2v) is 8.13. The number of carbonyl (C=O) groups is 2. The second kappa shape index (κ2) is 10.6. The van der Waals surface area contributed by atoms with Gasteiger partial charge in [-0.2, -0.15) is 0 Å². The molecule has 172 valence electrons. The first-order valence-electron chi connectivity index (χ1n) is 11.1. The molecule has 34 heavy (non-hydrogen) atoms. The third-order valence-electron chi connectivity index (χ3n) is 5.58. The largest absolute Gasteiger partial charge is 0.350 e. The summed E-state index contributed by atoms with van der Waals surface area (Å²) >= 11 is 0. The first kappa shape index (κ1) is 22.9. The summed E-state index contributed by atoms with van der Waals surface area (Å²) in [5, 5.41) is 6.69. The molecule has 0 unspecified atom stereocenters. The highest BCUT2D eigenvalue weighted by Gasteiger charge is 2.13. The number of urea groups is 1. The molecule has 0 aliphatic carbocycles. The van der Waals surface area contributed by atoms with Gasteiger partial charge in [0.15, 0.2) is 0 Å². The van der Waals surface area contributed by atoms with Crippen molar-refractivity contribution in [3.05, 3.63) is 95.8 Å². The molecule has 0 aliphatic rings. The molecule has 0 atom stereocenters. The number of aryl methyl sites for hydroxylation is 1. The summed E-state index contributed by atoms with van der Waals surface area (Å²) in [6, 6.07) is 21.0. The van der Waals surface area contributed by atoms with Gasteiger partial charge in [0, 0.05) is 50.0 Å². The van der Waals surface area contributed by atoms with Crippen molar-refractivity contribution in [1.29, 1.82) is 0 Å². The van der Waals surface area contributed by atoms with Crippen LogP contribution >= 0.6 is 0 Å². The standard InChI is InChI=1S/C27H27N5O2/c1-19-6-8-20(9-7-19)18-30-27(34)32(2)17-16-29-26(33)23-5-3-4-22-10-11-24(31-25(22)23)21-12-14-28-15-13-21/h3-15H,16-18H2,1-2H3,(H,29,33)(H,30,34). The van der Waals surface area contributed by atoms with E-state index in [4.69, 9.17) is 4.98 Å². The van der Waals surface area contributed by atoms with E-state index in [2.05, 4.69) is 15.6 Å². The lowest BCUT2D eigenvalue weighted by Gasteiger charge is -2.18. The molecule has 2 N–H and O–H groups in total. The first-order chi connectivity index (χ1) is 16.5. The monoisotopic (exact) mass is 453 g/mol. The van der Waals surface area contributed by atoms with E-state index in [1.54, 1.807) is 30.4 Å². The Labute approximate surface area is 198 Å². The molecule has 0 saturated heterocycles. The van der Waals surface area contributed by atoms with Gasteiger partial charge in [-0.15, -0.1) is 0 Å². The highest BCUT2D eigenvalue weighted by molar-refractivity contribution is 6.05. The number of pyridine rings is 2. The zero-order valence-corrected chi connectivity index (χ0v) is 19.3. The summed E-state index contributed by atoms with van der Waals surface area (Å²) in [4.78, 5) is 35.6. The van der Waals surface area contributed by atoms with Crippen LogP contribution in [0, 0.1) is 6.92 Å². The molecule has 0 fully saturated rings. The maximum atomic E-state index is 12.9. The Morgan fingerprint density at radius 2 is 1.68 bits per heavy atom. The zero-order valence-electron chi connectivity index (χ0n) is 19.3. The molecule has 0 radical (unpaired) electrons. The van der Waals surface area contributed by atoms with Crippen LogP contribution in [0.2, 0.25) is 0 Å². The molecule has 2 heterocycles. The van der Waals surface area contributed by atoms with Crippen LogP contribution in [0.5, 0.6) is 0 Å². The van der Waals surface area contributed by atoms with Crippen LogP contribution in [0.25, 0.3) is 22.2 Å². The minimum absolute atomic E-state index is 0.191. The van der Waals surface area contributed by atoms with Gasteiger partial charge in [-0.3, -0.25) is 9.78 Å². The van der Waals surface area contributed by atoms with Gasteiger partial charge in [-0.1, -0.05) is 48.0 Å². The van der Waals surface area contributed by atoms with Gasteiger partial charge >= 0.3 is 6.03 Å². The number of nitrogens with one attached hydrogen (secondary N) is 2. The summed E-state index contributed by atoms with van der Waals surface area (Å²) in [6.07, 6.45) is 3.43.